The van der Waals surface area contributed by atoms with E-state index in [1.807, 2.05) is 13.0 Å². The molecule has 0 spiro atoms. The summed E-state index contributed by atoms with van der Waals surface area (Å²) in [6, 6.07) is 1.97. The molecule has 2 aromatic rings. The van der Waals surface area contributed by atoms with Gasteiger partial charge in [0.1, 0.15) is 17.0 Å². The van der Waals surface area contributed by atoms with Gasteiger partial charge in [-0.2, -0.15) is 0 Å². The van der Waals surface area contributed by atoms with Crippen molar-refractivity contribution in [1.82, 2.24) is 9.97 Å². The Bertz CT molecular complexity index is 547. The van der Waals surface area contributed by atoms with E-state index in [0.717, 1.165) is 16.6 Å². The molecule has 2 heterocycles. The first-order chi connectivity index (χ1) is 9.15. The van der Waals surface area contributed by atoms with Gasteiger partial charge in [-0.05, 0) is 12.5 Å². The van der Waals surface area contributed by atoms with Gasteiger partial charge in [0.2, 0.25) is 0 Å². The zero-order valence-corrected chi connectivity index (χ0v) is 12.0. The molecule has 0 saturated carbocycles. The molecule has 0 bridgehead atoms. The van der Waals surface area contributed by atoms with Gasteiger partial charge >= 0.3 is 0 Å². The Morgan fingerprint density at radius 3 is 2.84 bits per heavy atom. The number of aryl methyl sites for hydroxylation is 1. The van der Waals surface area contributed by atoms with Gasteiger partial charge in [-0.3, -0.25) is 0 Å². The van der Waals surface area contributed by atoms with Crippen LogP contribution in [0.3, 0.4) is 0 Å². The van der Waals surface area contributed by atoms with Crippen LogP contribution in [-0.2, 0) is 6.42 Å². The smallest absolute Gasteiger partial charge is 0.255 e. The van der Waals surface area contributed by atoms with Crippen molar-refractivity contribution in [1.29, 1.82) is 0 Å². The largest absolute Gasteiger partial charge is 0.349 e. The summed E-state index contributed by atoms with van der Waals surface area (Å²) in [6.07, 6.45) is -0.108. The SMILES string of the molecule is CCc1cc2c(N(CCCl)CC(F)F)ncnc2s1. The van der Waals surface area contributed by atoms with Crippen LogP contribution in [0, 0.1) is 0 Å². The average molecular weight is 306 g/mol. The van der Waals surface area contributed by atoms with E-state index in [0.29, 0.717) is 12.4 Å². The van der Waals surface area contributed by atoms with Gasteiger partial charge in [0.25, 0.3) is 6.43 Å². The Hall–Kier alpha value is -1.01. The number of thiophene rings is 1. The quantitative estimate of drug-likeness (QED) is 0.764. The second-order valence-electron chi connectivity index (χ2n) is 4.01. The van der Waals surface area contributed by atoms with Crippen LogP contribution in [0.5, 0.6) is 0 Å². The van der Waals surface area contributed by atoms with Crippen LogP contribution < -0.4 is 4.90 Å². The van der Waals surface area contributed by atoms with E-state index in [1.54, 1.807) is 11.3 Å². The number of fused-ring (bicyclic) bond motifs is 1. The summed E-state index contributed by atoms with van der Waals surface area (Å²) in [4.78, 5) is 11.9. The monoisotopic (exact) mass is 305 g/mol. The van der Waals surface area contributed by atoms with Crippen LogP contribution in [0.25, 0.3) is 10.2 Å². The van der Waals surface area contributed by atoms with E-state index in [9.17, 15) is 8.78 Å². The first kappa shape index (κ1) is 14.4. The van der Waals surface area contributed by atoms with Crippen molar-refractivity contribution in [2.45, 2.75) is 19.8 Å². The summed E-state index contributed by atoms with van der Waals surface area (Å²) in [5.41, 5.74) is 0. The average Bonchev–Trinajstić information content (AvgIpc) is 2.80. The number of halogens is 3. The molecule has 3 nitrogen and oxygen atoms in total. The highest BCUT2D eigenvalue weighted by atomic mass is 35.5. The lowest BCUT2D eigenvalue weighted by Gasteiger charge is -2.22. The number of hydrogen-bond donors (Lipinski definition) is 0. The third-order valence-corrected chi connectivity index (χ3v) is 4.08. The lowest BCUT2D eigenvalue weighted by molar-refractivity contribution is 0.155. The first-order valence-corrected chi connectivity index (χ1v) is 7.33. The maximum absolute atomic E-state index is 12.6. The number of aromatic nitrogens is 2. The van der Waals surface area contributed by atoms with Crippen molar-refractivity contribution in [2.75, 3.05) is 23.9 Å². The van der Waals surface area contributed by atoms with E-state index in [2.05, 4.69) is 9.97 Å². The highest BCUT2D eigenvalue weighted by molar-refractivity contribution is 7.18. The summed E-state index contributed by atoms with van der Waals surface area (Å²) in [6.45, 7) is 2.03. The van der Waals surface area contributed by atoms with Gasteiger partial charge in [0, 0.05) is 17.3 Å². The van der Waals surface area contributed by atoms with Gasteiger partial charge < -0.3 is 4.90 Å². The Balaban J connectivity index is 2.42. The Morgan fingerprint density at radius 1 is 1.42 bits per heavy atom. The Kier molecular flexibility index (Phi) is 4.87. The number of rotatable bonds is 6. The molecule has 0 radical (unpaired) electrons. The zero-order chi connectivity index (χ0) is 13.8. The first-order valence-electron chi connectivity index (χ1n) is 5.98. The predicted molar refractivity (Wildman–Crippen MR) is 75.7 cm³/mol. The molecular weight excluding hydrogens is 292 g/mol. The van der Waals surface area contributed by atoms with Crippen LogP contribution >= 0.6 is 22.9 Å². The van der Waals surface area contributed by atoms with Gasteiger partial charge in [-0.25, -0.2) is 18.7 Å². The predicted octanol–water partition coefficient (Wildman–Crippen LogP) is 3.56. The molecule has 0 atom stereocenters. The fourth-order valence-corrected chi connectivity index (χ4v) is 3.00. The molecule has 0 aliphatic carbocycles. The van der Waals surface area contributed by atoms with Crippen LogP contribution in [0.15, 0.2) is 12.4 Å². The van der Waals surface area contributed by atoms with E-state index in [4.69, 9.17) is 11.6 Å². The molecule has 7 heteroatoms. The molecular formula is C12H14ClF2N3S. The molecule has 0 aromatic carbocycles. The summed E-state index contributed by atoms with van der Waals surface area (Å²) >= 11 is 7.25. The van der Waals surface area contributed by atoms with Crippen molar-refractivity contribution < 1.29 is 8.78 Å². The Labute approximate surface area is 119 Å². The molecule has 0 N–H and O–H groups in total. The standard InChI is InChI=1S/C12H14ClF2N3S/c1-2-8-5-9-11(16-7-17-12(9)19-8)18(4-3-13)6-10(14)15/h5,7,10H,2-4,6H2,1H3. The molecule has 0 aliphatic heterocycles. The lowest BCUT2D eigenvalue weighted by Crippen LogP contribution is -2.31. The van der Waals surface area contributed by atoms with Gasteiger partial charge in [-0.1, -0.05) is 6.92 Å². The third-order valence-electron chi connectivity index (χ3n) is 2.72. The van der Waals surface area contributed by atoms with Crippen LogP contribution in [0.1, 0.15) is 11.8 Å². The fourth-order valence-electron chi connectivity index (χ4n) is 1.87. The van der Waals surface area contributed by atoms with Gasteiger partial charge in [0.05, 0.1) is 11.9 Å². The minimum Gasteiger partial charge on any atom is -0.349 e. The van der Waals surface area contributed by atoms with Crippen LogP contribution in [0.2, 0.25) is 0 Å². The zero-order valence-electron chi connectivity index (χ0n) is 10.4. The topological polar surface area (TPSA) is 29.0 Å². The summed E-state index contributed by atoms with van der Waals surface area (Å²) in [7, 11) is 0. The van der Waals surface area contributed by atoms with Crippen molar-refractivity contribution >= 4 is 39.0 Å². The van der Waals surface area contributed by atoms with Crippen LogP contribution in [0.4, 0.5) is 14.6 Å². The van der Waals surface area contributed by atoms with E-state index < -0.39 is 6.43 Å². The molecule has 0 unspecified atom stereocenters. The molecule has 0 aliphatic rings. The number of anilines is 1. The van der Waals surface area contributed by atoms with Crippen LogP contribution in [-0.4, -0.2) is 35.4 Å². The van der Waals surface area contributed by atoms with E-state index in [-0.39, 0.29) is 12.4 Å². The molecule has 0 amide bonds. The van der Waals surface area contributed by atoms with Gasteiger partial charge in [-0.15, -0.1) is 22.9 Å². The fraction of sp³-hybridized carbons (Fsp3) is 0.500. The van der Waals surface area contributed by atoms with E-state index >= 15 is 0 Å². The number of nitrogens with zero attached hydrogens (tertiary/aromatic N) is 3. The van der Waals surface area contributed by atoms with Crippen molar-refractivity contribution in [3.05, 3.63) is 17.3 Å². The maximum Gasteiger partial charge on any atom is 0.255 e. The molecule has 19 heavy (non-hydrogen) atoms. The summed E-state index contributed by atoms with van der Waals surface area (Å²) in [5, 5.41) is 0.829. The van der Waals surface area contributed by atoms with Crippen molar-refractivity contribution in [3.63, 3.8) is 0 Å². The highest BCUT2D eigenvalue weighted by Crippen LogP contribution is 2.30. The number of hydrogen-bond acceptors (Lipinski definition) is 4. The maximum atomic E-state index is 12.6. The van der Waals surface area contributed by atoms with Crippen molar-refractivity contribution in [3.8, 4) is 0 Å². The van der Waals surface area contributed by atoms with Crippen molar-refractivity contribution in [2.24, 2.45) is 0 Å². The summed E-state index contributed by atoms with van der Waals surface area (Å²) < 4.78 is 25.3. The number of alkyl halides is 3. The molecule has 0 saturated heterocycles. The second-order valence-corrected chi connectivity index (χ2v) is 5.50. The lowest BCUT2D eigenvalue weighted by atomic mass is 10.3. The minimum atomic E-state index is -2.42. The van der Waals surface area contributed by atoms with Gasteiger partial charge in [0.15, 0.2) is 0 Å². The third kappa shape index (κ3) is 3.30. The normalized spacial score (nSPS) is 11.4. The summed E-state index contributed by atoms with van der Waals surface area (Å²) in [5.74, 6) is 0.824. The molecule has 2 aromatic heterocycles. The van der Waals surface area contributed by atoms with E-state index in [1.165, 1.54) is 16.1 Å². The Morgan fingerprint density at radius 2 is 2.21 bits per heavy atom. The molecule has 104 valence electrons. The minimum absolute atomic E-state index is 0.281. The highest BCUT2D eigenvalue weighted by Gasteiger charge is 2.17. The molecule has 0 fully saturated rings. The molecule has 2 rings (SSSR count). The second kappa shape index (κ2) is 6.43.